The Morgan fingerprint density at radius 3 is 2.58 bits per heavy atom. The van der Waals surface area contributed by atoms with Crippen LogP contribution in [0.1, 0.15) is 37.3 Å². The van der Waals surface area contributed by atoms with Gasteiger partial charge < -0.3 is 15.4 Å². The molecule has 0 radical (unpaired) electrons. The summed E-state index contributed by atoms with van der Waals surface area (Å²) in [5.74, 6) is 0.713. The summed E-state index contributed by atoms with van der Waals surface area (Å²) in [5.41, 5.74) is 1.67. The van der Waals surface area contributed by atoms with E-state index in [4.69, 9.17) is 0 Å². The van der Waals surface area contributed by atoms with Gasteiger partial charge in [0.1, 0.15) is 6.61 Å². The van der Waals surface area contributed by atoms with E-state index in [0.29, 0.717) is 18.1 Å². The average Bonchev–Trinajstić information content (AvgIpc) is 2.53. The number of rotatable bonds is 9. The van der Waals surface area contributed by atoms with Gasteiger partial charge in [-0.25, -0.2) is 0 Å². The SMILES string of the molecule is CCCCCNC(=NC)NCc1cccc(COCC(F)(F)F)c1. The van der Waals surface area contributed by atoms with Gasteiger partial charge in [0, 0.05) is 20.1 Å². The molecule has 7 heteroatoms. The summed E-state index contributed by atoms with van der Waals surface area (Å²) < 4.78 is 40.9. The molecule has 0 saturated carbocycles. The van der Waals surface area contributed by atoms with E-state index in [9.17, 15) is 13.2 Å². The predicted octanol–water partition coefficient (Wildman–Crippen LogP) is 3.62. The second-order valence-electron chi connectivity index (χ2n) is 5.49. The number of aliphatic imine (C=N–C) groups is 1. The van der Waals surface area contributed by atoms with E-state index in [2.05, 4.69) is 27.3 Å². The Bertz CT molecular complexity index is 504. The van der Waals surface area contributed by atoms with Gasteiger partial charge in [0.15, 0.2) is 5.96 Å². The molecule has 1 rings (SSSR count). The lowest BCUT2D eigenvalue weighted by Gasteiger charge is -2.12. The smallest absolute Gasteiger partial charge is 0.367 e. The standard InChI is InChI=1S/C17H26F3N3O/c1-3-4-5-9-22-16(21-2)23-11-14-7-6-8-15(10-14)12-24-13-17(18,19)20/h6-8,10H,3-5,9,11-13H2,1-2H3,(H2,21,22,23). The van der Waals surface area contributed by atoms with E-state index in [1.54, 1.807) is 19.2 Å². The molecule has 1 aromatic carbocycles. The highest BCUT2D eigenvalue weighted by Crippen LogP contribution is 2.16. The maximum atomic E-state index is 12.1. The van der Waals surface area contributed by atoms with Crippen molar-refractivity contribution >= 4 is 5.96 Å². The van der Waals surface area contributed by atoms with Crippen LogP contribution in [0.4, 0.5) is 13.2 Å². The molecule has 0 heterocycles. The van der Waals surface area contributed by atoms with Crippen LogP contribution < -0.4 is 10.6 Å². The summed E-state index contributed by atoms with van der Waals surface area (Å²) in [5, 5.41) is 6.42. The molecule has 2 N–H and O–H groups in total. The molecule has 0 bridgehead atoms. The van der Waals surface area contributed by atoms with Crippen LogP contribution in [0.5, 0.6) is 0 Å². The average molecular weight is 345 g/mol. The van der Waals surface area contributed by atoms with Gasteiger partial charge in [0.25, 0.3) is 0 Å². The molecule has 136 valence electrons. The van der Waals surface area contributed by atoms with Gasteiger partial charge in [-0.1, -0.05) is 44.0 Å². The van der Waals surface area contributed by atoms with Gasteiger partial charge in [-0.3, -0.25) is 4.99 Å². The van der Waals surface area contributed by atoms with E-state index < -0.39 is 12.8 Å². The zero-order valence-electron chi connectivity index (χ0n) is 14.2. The van der Waals surface area contributed by atoms with Crippen LogP contribution in [0.25, 0.3) is 0 Å². The largest absolute Gasteiger partial charge is 0.411 e. The molecular formula is C17H26F3N3O. The molecule has 0 spiro atoms. The Kier molecular flexibility index (Phi) is 9.22. The zero-order valence-corrected chi connectivity index (χ0v) is 14.2. The number of halogens is 3. The van der Waals surface area contributed by atoms with Crippen molar-refractivity contribution in [2.45, 2.75) is 45.5 Å². The monoisotopic (exact) mass is 345 g/mol. The van der Waals surface area contributed by atoms with Gasteiger partial charge in [-0.2, -0.15) is 13.2 Å². The first-order chi connectivity index (χ1) is 11.4. The molecule has 0 aliphatic rings. The van der Waals surface area contributed by atoms with E-state index in [-0.39, 0.29) is 6.61 Å². The fourth-order valence-electron chi connectivity index (χ4n) is 2.10. The Morgan fingerprint density at radius 1 is 1.17 bits per heavy atom. The molecule has 1 aromatic rings. The van der Waals surface area contributed by atoms with Crippen LogP contribution in [-0.2, 0) is 17.9 Å². The molecule has 0 saturated heterocycles. The number of unbranched alkanes of at least 4 members (excludes halogenated alkanes) is 2. The second kappa shape index (κ2) is 10.9. The maximum Gasteiger partial charge on any atom is 0.411 e. The minimum Gasteiger partial charge on any atom is -0.367 e. The second-order valence-corrected chi connectivity index (χ2v) is 5.49. The Morgan fingerprint density at radius 2 is 1.92 bits per heavy atom. The van der Waals surface area contributed by atoms with Crippen molar-refractivity contribution in [1.82, 2.24) is 10.6 Å². The van der Waals surface area contributed by atoms with Gasteiger partial charge in [-0.05, 0) is 17.5 Å². The molecular weight excluding hydrogens is 319 g/mol. The summed E-state index contributed by atoms with van der Waals surface area (Å²) >= 11 is 0. The van der Waals surface area contributed by atoms with Crippen LogP contribution in [0.15, 0.2) is 29.3 Å². The summed E-state index contributed by atoms with van der Waals surface area (Å²) in [6.45, 7) is 2.26. The van der Waals surface area contributed by atoms with Crippen molar-refractivity contribution in [3.8, 4) is 0 Å². The van der Waals surface area contributed by atoms with E-state index in [1.807, 2.05) is 12.1 Å². The number of benzene rings is 1. The lowest BCUT2D eigenvalue weighted by atomic mass is 10.1. The first-order valence-electron chi connectivity index (χ1n) is 8.11. The highest BCUT2D eigenvalue weighted by Gasteiger charge is 2.27. The summed E-state index contributed by atoms with van der Waals surface area (Å²) in [6.07, 6.45) is -0.876. The van der Waals surface area contributed by atoms with Gasteiger partial charge in [0.2, 0.25) is 0 Å². The molecule has 0 aliphatic heterocycles. The number of ether oxygens (including phenoxy) is 1. The molecule has 0 unspecified atom stereocenters. The van der Waals surface area contributed by atoms with Gasteiger partial charge in [-0.15, -0.1) is 0 Å². The third-order valence-electron chi connectivity index (χ3n) is 3.28. The van der Waals surface area contributed by atoms with E-state index in [1.165, 1.54) is 6.42 Å². The molecule has 0 aliphatic carbocycles. The van der Waals surface area contributed by atoms with Crippen LogP contribution in [0, 0.1) is 0 Å². The molecule has 0 amide bonds. The summed E-state index contributed by atoms with van der Waals surface area (Å²) in [7, 11) is 1.70. The zero-order chi connectivity index (χ0) is 17.8. The van der Waals surface area contributed by atoms with Crippen LogP contribution in [-0.4, -0.2) is 32.3 Å². The number of alkyl halides is 3. The highest BCUT2D eigenvalue weighted by molar-refractivity contribution is 5.79. The number of hydrogen-bond donors (Lipinski definition) is 2. The molecule has 0 aromatic heterocycles. The third-order valence-corrected chi connectivity index (χ3v) is 3.28. The van der Waals surface area contributed by atoms with Gasteiger partial charge in [0.05, 0.1) is 6.61 Å². The van der Waals surface area contributed by atoms with Crippen molar-refractivity contribution in [3.05, 3.63) is 35.4 Å². The highest BCUT2D eigenvalue weighted by atomic mass is 19.4. The Labute approximate surface area is 141 Å². The van der Waals surface area contributed by atoms with E-state index in [0.717, 1.165) is 24.9 Å². The third kappa shape index (κ3) is 9.39. The molecule has 0 atom stereocenters. The minimum absolute atomic E-state index is 0.0582. The molecule has 4 nitrogen and oxygen atoms in total. The normalized spacial score (nSPS) is 12.3. The molecule has 0 fully saturated rings. The quantitative estimate of drug-likeness (QED) is 0.408. The van der Waals surface area contributed by atoms with Crippen LogP contribution in [0.3, 0.4) is 0 Å². The lowest BCUT2D eigenvalue weighted by Crippen LogP contribution is -2.37. The van der Waals surface area contributed by atoms with Crippen molar-refractivity contribution < 1.29 is 17.9 Å². The Balaban J connectivity index is 2.40. The van der Waals surface area contributed by atoms with Crippen molar-refractivity contribution in [1.29, 1.82) is 0 Å². The minimum atomic E-state index is -4.30. The van der Waals surface area contributed by atoms with Crippen LogP contribution >= 0.6 is 0 Å². The van der Waals surface area contributed by atoms with Crippen LogP contribution in [0.2, 0.25) is 0 Å². The Hall–Kier alpha value is -1.76. The lowest BCUT2D eigenvalue weighted by molar-refractivity contribution is -0.176. The first kappa shape index (κ1) is 20.3. The number of hydrogen-bond acceptors (Lipinski definition) is 2. The fraction of sp³-hybridized carbons (Fsp3) is 0.588. The summed E-state index contributed by atoms with van der Waals surface area (Å²) in [4.78, 5) is 4.14. The first-order valence-corrected chi connectivity index (χ1v) is 8.11. The maximum absolute atomic E-state index is 12.1. The predicted molar refractivity (Wildman–Crippen MR) is 89.9 cm³/mol. The van der Waals surface area contributed by atoms with Crippen molar-refractivity contribution in [3.63, 3.8) is 0 Å². The number of nitrogens with zero attached hydrogens (tertiary/aromatic N) is 1. The van der Waals surface area contributed by atoms with Gasteiger partial charge >= 0.3 is 6.18 Å². The number of guanidine groups is 1. The molecule has 24 heavy (non-hydrogen) atoms. The van der Waals surface area contributed by atoms with Crippen molar-refractivity contribution in [2.75, 3.05) is 20.2 Å². The topological polar surface area (TPSA) is 45.7 Å². The van der Waals surface area contributed by atoms with E-state index >= 15 is 0 Å². The number of nitrogens with one attached hydrogen (secondary N) is 2. The fourth-order valence-corrected chi connectivity index (χ4v) is 2.10. The summed E-state index contributed by atoms with van der Waals surface area (Å²) in [6, 6.07) is 7.29. The van der Waals surface area contributed by atoms with Crippen molar-refractivity contribution in [2.24, 2.45) is 4.99 Å².